The SMILES string of the molecule is C=C(C(=O)OC)c1cccc(OC)c1COC(=O)NN1CCOCC1. The van der Waals surface area contributed by atoms with Crippen molar-refractivity contribution in [1.82, 2.24) is 10.4 Å². The molecule has 1 amide bonds. The molecule has 1 N–H and O–H groups in total. The molecule has 0 aliphatic carbocycles. The van der Waals surface area contributed by atoms with Crippen molar-refractivity contribution < 1.29 is 28.5 Å². The average molecular weight is 350 g/mol. The minimum atomic E-state index is -0.595. The second-order valence-corrected chi connectivity index (χ2v) is 5.24. The van der Waals surface area contributed by atoms with Gasteiger partial charge in [0.15, 0.2) is 0 Å². The summed E-state index contributed by atoms with van der Waals surface area (Å²) in [6.45, 7) is 5.95. The molecule has 136 valence electrons. The lowest BCUT2D eigenvalue weighted by molar-refractivity contribution is -0.133. The molecule has 0 spiro atoms. The van der Waals surface area contributed by atoms with Gasteiger partial charge in [0.1, 0.15) is 12.4 Å². The van der Waals surface area contributed by atoms with Crippen LogP contribution in [0.3, 0.4) is 0 Å². The number of rotatable bonds is 6. The second-order valence-electron chi connectivity index (χ2n) is 5.24. The van der Waals surface area contributed by atoms with Crippen molar-refractivity contribution in [2.24, 2.45) is 0 Å². The average Bonchev–Trinajstić information content (AvgIpc) is 2.65. The number of carbonyl (C=O) groups excluding carboxylic acids is 2. The Morgan fingerprint density at radius 1 is 1.28 bits per heavy atom. The molecule has 0 aromatic heterocycles. The van der Waals surface area contributed by atoms with E-state index in [4.69, 9.17) is 18.9 Å². The fourth-order valence-electron chi connectivity index (χ4n) is 2.40. The monoisotopic (exact) mass is 350 g/mol. The van der Waals surface area contributed by atoms with E-state index in [1.807, 2.05) is 0 Å². The Balaban J connectivity index is 2.07. The highest BCUT2D eigenvalue weighted by Crippen LogP contribution is 2.28. The summed E-state index contributed by atoms with van der Waals surface area (Å²) in [7, 11) is 2.77. The third-order valence-corrected chi connectivity index (χ3v) is 3.72. The number of ether oxygens (including phenoxy) is 4. The highest BCUT2D eigenvalue weighted by Gasteiger charge is 2.19. The summed E-state index contributed by atoms with van der Waals surface area (Å²) in [5.41, 5.74) is 3.85. The van der Waals surface area contributed by atoms with E-state index in [1.165, 1.54) is 14.2 Å². The number of amides is 1. The molecule has 1 aromatic carbocycles. The van der Waals surface area contributed by atoms with Crippen molar-refractivity contribution in [2.75, 3.05) is 40.5 Å². The number of hydrogen-bond donors (Lipinski definition) is 1. The molecule has 0 radical (unpaired) electrons. The first-order valence-corrected chi connectivity index (χ1v) is 7.76. The molecule has 1 aromatic rings. The smallest absolute Gasteiger partial charge is 0.422 e. The molecule has 1 heterocycles. The maximum atomic E-state index is 12.0. The summed E-state index contributed by atoms with van der Waals surface area (Å²) in [6.07, 6.45) is -0.595. The van der Waals surface area contributed by atoms with E-state index in [1.54, 1.807) is 23.2 Å². The minimum absolute atomic E-state index is 0.0778. The van der Waals surface area contributed by atoms with Crippen molar-refractivity contribution in [2.45, 2.75) is 6.61 Å². The molecule has 1 aliphatic heterocycles. The summed E-state index contributed by atoms with van der Waals surface area (Å²) in [5.74, 6) is -0.0750. The summed E-state index contributed by atoms with van der Waals surface area (Å²) >= 11 is 0. The fraction of sp³-hybridized carbons (Fsp3) is 0.412. The van der Waals surface area contributed by atoms with Crippen LogP contribution in [0.2, 0.25) is 0 Å². The van der Waals surface area contributed by atoms with Gasteiger partial charge in [-0.25, -0.2) is 14.6 Å². The van der Waals surface area contributed by atoms with Gasteiger partial charge < -0.3 is 18.9 Å². The van der Waals surface area contributed by atoms with Gasteiger partial charge in [0.05, 0.1) is 33.0 Å². The zero-order valence-corrected chi connectivity index (χ0v) is 14.4. The molecule has 8 nitrogen and oxygen atoms in total. The Morgan fingerprint density at radius 3 is 2.64 bits per heavy atom. The quantitative estimate of drug-likeness (QED) is 0.612. The maximum absolute atomic E-state index is 12.0. The third-order valence-electron chi connectivity index (χ3n) is 3.72. The van der Waals surface area contributed by atoms with Crippen molar-refractivity contribution in [1.29, 1.82) is 0 Å². The second kappa shape index (κ2) is 9.05. The van der Waals surface area contributed by atoms with Gasteiger partial charge in [-0.05, 0) is 11.6 Å². The number of hydrogen-bond acceptors (Lipinski definition) is 7. The predicted molar refractivity (Wildman–Crippen MR) is 89.8 cm³/mol. The normalized spacial score (nSPS) is 14.5. The lowest BCUT2D eigenvalue weighted by Gasteiger charge is -2.26. The van der Waals surface area contributed by atoms with Crippen LogP contribution >= 0.6 is 0 Å². The van der Waals surface area contributed by atoms with E-state index >= 15 is 0 Å². The molecule has 0 unspecified atom stereocenters. The Hall–Kier alpha value is -2.58. The van der Waals surface area contributed by atoms with Crippen LogP contribution in [0.25, 0.3) is 5.57 Å². The minimum Gasteiger partial charge on any atom is -0.496 e. The number of methoxy groups -OCH3 is 2. The van der Waals surface area contributed by atoms with Gasteiger partial charge in [0, 0.05) is 18.7 Å². The molecule has 0 bridgehead atoms. The molecule has 1 fully saturated rings. The number of hydrazine groups is 1. The largest absolute Gasteiger partial charge is 0.496 e. The van der Waals surface area contributed by atoms with E-state index in [2.05, 4.69) is 12.0 Å². The van der Waals surface area contributed by atoms with Crippen LogP contribution in [0.5, 0.6) is 5.75 Å². The van der Waals surface area contributed by atoms with Crippen LogP contribution in [0.15, 0.2) is 24.8 Å². The lowest BCUT2D eigenvalue weighted by Crippen LogP contribution is -2.48. The van der Waals surface area contributed by atoms with Crippen molar-refractivity contribution in [3.63, 3.8) is 0 Å². The van der Waals surface area contributed by atoms with E-state index < -0.39 is 12.1 Å². The first-order valence-electron chi connectivity index (χ1n) is 7.76. The molecule has 0 saturated carbocycles. The van der Waals surface area contributed by atoms with Gasteiger partial charge in [0.25, 0.3) is 0 Å². The summed E-state index contributed by atoms with van der Waals surface area (Å²) < 4.78 is 20.5. The predicted octanol–water partition coefficient (Wildman–Crippen LogP) is 1.35. The maximum Gasteiger partial charge on any atom is 0.422 e. The first-order chi connectivity index (χ1) is 12.1. The Kier molecular flexibility index (Phi) is 6.79. The molecular formula is C17H22N2O6. The number of morpholine rings is 1. The van der Waals surface area contributed by atoms with Crippen LogP contribution in [0.1, 0.15) is 11.1 Å². The summed E-state index contributed by atoms with van der Waals surface area (Å²) in [6, 6.07) is 5.13. The van der Waals surface area contributed by atoms with E-state index in [9.17, 15) is 9.59 Å². The Bertz CT molecular complexity index is 640. The lowest BCUT2D eigenvalue weighted by atomic mass is 10.0. The van der Waals surface area contributed by atoms with Gasteiger partial charge in [-0.2, -0.15) is 0 Å². The van der Waals surface area contributed by atoms with Crippen LogP contribution in [0, 0.1) is 0 Å². The van der Waals surface area contributed by atoms with Crippen molar-refractivity contribution in [3.05, 3.63) is 35.9 Å². The van der Waals surface area contributed by atoms with Crippen LogP contribution < -0.4 is 10.2 Å². The third kappa shape index (κ3) is 4.94. The van der Waals surface area contributed by atoms with Crippen LogP contribution in [0.4, 0.5) is 4.79 Å². The van der Waals surface area contributed by atoms with Gasteiger partial charge in [-0.15, -0.1) is 0 Å². The molecule has 0 atom stereocenters. The van der Waals surface area contributed by atoms with Crippen molar-refractivity contribution in [3.8, 4) is 5.75 Å². The molecule has 2 rings (SSSR count). The van der Waals surface area contributed by atoms with E-state index in [0.29, 0.717) is 43.2 Å². The van der Waals surface area contributed by atoms with Crippen LogP contribution in [-0.2, 0) is 25.6 Å². The number of esters is 1. The standard InChI is InChI=1S/C17H22N2O6/c1-12(16(20)23-3)13-5-4-6-15(22-2)14(13)11-25-17(21)18-19-7-9-24-10-8-19/h4-6H,1,7-11H2,2-3H3,(H,18,21). The fourth-order valence-corrected chi connectivity index (χ4v) is 2.40. The molecule has 25 heavy (non-hydrogen) atoms. The van der Waals surface area contributed by atoms with Crippen LogP contribution in [-0.4, -0.2) is 57.6 Å². The number of nitrogens with zero attached hydrogens (tertiary/aromatic N) is 1. The topological polar surface area (TPSA) is 86.3 Å². The molecular weight excluding hydrogens is 328 g/mol. The van der Waals surface area contributed by atoms with E-state index in [-0.39, 0.29) is 12.2 Å². The highest BCUT2D eigenvalue weighted by molar-refractivity contribution is 6.16. The van der Waals surface area contributed by atoms with Gasteiger partial charge in [-0.1, -0.05) is 18.7 Å². The number of benzene rings is 1. The molecule has 8 heteroatoms. The summed E-state index contributed by atoms with van der Waals surface area (Å²) in [4.78, 5) is 23.7. The first kappa shape index (κ1) is 18.8. The zero-order chi connectivity index (χ0) is 18.2. The zero-order valence-electron chi connectivity index (χ0n) is 14.4. The van der Waals surface area contributed by atoms with Gasteiger partial charge >= 0.3 is 12.1 Å². The Labute approximate surface area is 146 Å². The summed E-state index contributed by atoms with van der Waals surface area (Å²) in [5, 5.41) is 1.72. The van der Waals surface area contributed by atoms with E-state index in [0.717, 1.165) is 0 Å². The molecule has 1 aliphatic rings. The molecule has 1 saturated heterocycles. The number of nitrogens with one attached hydrogen (secondary N) is 1. The number of carbonyl (C=O) groups is 2. The van der Waals surface area contributed by atoms with Gasteiger partial charge in [-0.3, -0.25) is 5.43 Å². The van der Waals surface area contributed by atoms with Gasteiger partial charge in [0.2, 0.25) is 0 Å². The van der Waals surface area contributed by atoms with Crippen molar-refractivity contribution >= 4 is 17.6 Å². The Morgan fingerprint density at radius 2 is 2.00 bits per heavy atom. The highest BCUT2D eigenvalue weighted by atomic mass is 16.6.